The third-order valence-corrected chi connectivity index (χ3v) is 7.23. The maximum Gasteiger partial charge on any atom is 0.326 e. The van der Waals surface area contributed by atoms with E-state index in [1.807, 2.05) is 12.1 Å². The highest BCUT2D eigenvalue weighted by molar-refractivity contribution is 7.99. The molecule has 2 N–H and O–H groups in total. The molecular formula is C24H18Cl2F2N4OS. The summed E-state index contributed by atoms with van der Waals surface area (Å²) in [5.74, 6) is -1.30. The molecule has 2 aliphatic heterocycles. The van der Waals surface area contributed by atoms with Gasteiger partial charge in [0.1, 0.15) is 16.7 Å². The maximum atomic E-state index is 14.5. The SMILES string of the molecule is O=C1NCc2nc(Sc3ccc(F)cc3F)c(C3=CCNCC3)cc2N1c1c(Cl)cccc1Cl. The molecule has 0 fully saturated rings. The van der Waals surface area contributed by atoms with Crippen molar-refractivity contribution >= 4 is 57.9 Å². The van der Waals surface area contributed by atoms with E-state index < -0.39 is 11.6 Å². The van der Waals surface area contributed by atoms with Crippen LogP contribution in [0.5, 0.6) is 0 Å². The molecule has 0 saturated heterocycles. The van der Waals surface area contributed by atoms with Crippen molar-refractivity contribution in [2.75, 3.05) is 18.0 Å². The minimum atomic E-state index is -0.660. The largest absolute Gasteiger partial charge is 0.332 e. The number of para-hydroxylation sites is 1. The molecule has 0 bridgehead atoms. The number of nitrogens with one attached hydrogen (secondary N) is 2. The number of carbonyl (C=O) groups excluding carboxylic acids is 1. The number of urea groups is 1. The highest BCUT2D eigenvalue weighted by atomic mass is 35.5. The molecule has 3 heterocycles. The van der Waals surface area contributed by atoms with E-state index in [4.69, 9.17) is 28.2 Å². The first-order chi connectivity index (χ1) is 16.4. The lowest BCUT2D eigenvalue weighted by molar-refractivity contribution is 0.246. The summed E-state index contributed by atoms with van der Waals surface area (Å²) in [6.45, 7) is 1.65. The maximum absolute atomic E-state index is 14.5. The molecule has 34 heavy (non-hydrogen) atoms. The molecule has 2 aliphatic rings. The number of rotatable bonds is 4. The summed E-state index contributed by atoms with van der Waals surface area (Å²) >= 11 is 14.0. The number of amides is 2. The first-order valence-corrected chi connectivity index (χ1v) is 12.1. The fraction of sp³-hybridized carbons (Fsp3) is 0.167. The van der Waals surface area contributed by atoms with Gasteiger partial charge in [0.15, 0.2) is 0 Å². The Morgan fingerprint density at radius 2 is 1.88 bits per heavy atom. The zero-order valence-corrected chi connectivity index (χ0v) is 20.0. The van der Waals surface area contributed by atoms with Crippen LogP contribution in [0.4, 0.5) is 25.0 Å². The molecular weight excluding hydrogens is 501 g/mol. The van der Waals surface area contributed by atoms with Crippen LogP contribution < -0.4 is 15.5 Å². The predicted octanol–water partition coefficient (Wildman–Crippen LogP) is 6.56. The van der Waals surface area contributed by atoms with Gasteiger partial charge in [-0.2, -0.15) is 0 Å². The van der Waals surface area contributed by atoms with Gasteiger partial charge >= 0.3 is 6.03 Å². The fourth-order valence-corrected chi connectivity index (χ4v) is 5.48. The number of pyridine rings is 1. The predicted molar refractivity (Wildman–Crippen MR) is 131 cm³/mol. The van der Waals surface area contributed by atoms with Crippen molar-refractivity contribution < 1.29 is 13.6 Å². The lowest BCUT2D eigenvalue weighted by Gasteiger charge is -2.32. The second-order valence-corrected chi connectivity index (χ2v) is 9.58. The molecule has 3 aromatic rings. The van der Waals surface area contributed by atoms with Gasteiger partial charge in [0.05, 0.1) is 33.7 Å². The Balaban J connectivity index is 1.68. The number of carbonyl (C=O) groups is 1. The third-order valence-electron chi connectivity index (χ3n) is 5.57. The van der Waals surface area contributed by atoms with E-state index in [2.05, 4.69) is 10.6 Å². The number of aromatic nitrogens is 1. The van der Waals surface area contributed by atoms with Gasteiger partial charge in [0, 0.05) is 23.1 Å². The zero-order chi connectivity index (χ0) is 23.8. The number of hydrogen-bond donors (Lipinski definition) is 2. The molecule has 1 aromatic heterocycles. The molecule has 0 aliphatic carbocycles. The van der Waals surface area contributed by atoms with Gasteiger partial charge in [-0.15, -0.1) is 0 Å². The Bertz CT molecular complexity index is 1310. The van der Waals surface area contributed by atoms with Crippen LogP contribution in [0.3, 0.4) is 0 Å². The minimum absolute atomic E-state index is 0.188. The standard InChI is InChI=1S/C24H18Cl2F2N4OS/c25-16-2-1-3-17(26)22(16)32-20-11-15(13-6-8-29-9-7-13)23(31-19(20)12-30-24(32)33)34-21-5-4-14(27)10-18(21)28/h1-6,10-11,29H,7-9,12H2,(H,30,33). The van der Waals surface area contributed by atoms with Gasteiger partial charge in [0.25, 0.3) is 0 Å². The van der Waals surface area contributed by atoms with Crippen molar-refractivity contribution in [2.45, 2.75) is 22.9 Å². The Hall–Kier alpha value is -2.65. The average molecular weight is 519 g/mol. The second kappa shape index (κ2) is 9.54. The smallest absolute Gasteiger partial charge is 0.326 e. The Morgan fingerprint density at radius 1 is 1.09 bits per heavy atom. The third kappa shape index (κ3) is 4.38. The van der Waals surface area contributed by atoms with E-state index in [0.29, 0.717) is 38.7 Å². The van der Waals surface area contributed by atoms with Crippen molar-refractivity contribution in [3.63, 3.8) is 0 Å². The first kappa shape index (κ1) is 23.1. The number of anilines is 2. The van der Waals surface area contributed by atoms with E-state index in [1.165, 1.54) is 17.0 Å². The summed E-state index contributed by atoms with van der Waals surface area (Å²) < 4.78 is 27.9. The molecule has 0 saturated carbocycles. The molecule has 2 aromatic carbocycles. The van der Waals surface area contributed by atoms with Crippen LogP contribution in [-0.4, -0.2) is 24.1 Å². The van der Waals surface area contributed by atoms with Crippen LogP contribution in [0.1, 0.15) is 17.7 Å². The molecule has 0 spiro atoms. The molecule has 0 atom stereocenters. The van der Waals surface area contributed by atoms with Gasteiger partial charge in [-0.1, -0.05) is 47.1 Å². The Kier molecular flexibility index (Phi) is 6.48. The van der Waals surface area contributed by atoms with Crippen LogP contribution in [-0.2, 0) is 6.54 Å². The summed E-state index contributed by atoms with van der Waals surface area (Å²) in [5, 5.41) is 7.29. The number of benzene rings is 2. The summed E-state index contributed by atoms with van der Waals surface area (Å²) in [4.78, 5) is 19.5. The second-order valence-electron chi connectivity index (χ2n) is 7.73. The number of hydrogen-bond acceptors (Lipinski definition) is 4. The van der Waals surface area contributed by atoms with Gasteiger partial charge in [0.2, 0.25) is 0 Å². The molecule has 0 radical (unpaired) electrons. The highest BCUT2D eigenvalue weighted by Crippen LogP contribution is 2.44. The Morgan fingerprint density at radius 3 is 2.59 bits per heavy atom. The van der Waals surface area contributed by atoms with Crippen LogP contribution in [0.25, 0.3) is 5.57 Å². The summed E-state index contributed by atoms with van der Waals surface area (Å²) in [6, 6.07) is 10.00. The molecule has 174 valence electrons. The molecule has 5 nitrogen and oxygen atoms in total. The summed E-state index contributed by atoms with van der Waals surface area (Å²) in [5.41, 5.74) is 3.30. The lowest BCUT2D eigenvalue weighted by atomic mass is 10.00. The molecule has 0 unspecified atom stereocenters. The number of nitrogens with zero attached hydrogens (tertiary/aromatic N) is 2. The monoisotopic (exact) mass is 518 g/mol. The summed E-state index contributed by atoms with van der Waals surface area (Å²) in [6.07, 6.45) is 2.78. The molecule has 5 rings (SSSR count). The van der Waals surface area contributed by atoms with Gasteiger partial charge in [-0.25, -0.2) is 18.6 Å². The average Bonchev–Trinajstić information content (AvgIpc) is 2.82. The number of fused-ring (bicyclic) bond motifs is 1. The van der Waals surface area contributed by atoms with Gasteiger partial charge in [-0.3, -0.25) is 4.90 Å². The lowest BCUT2D eigenvalue weighted by Crippen LogP contribution is -2.42. The van der Waals surface area contributed by atoms with Crippen molar-refractivity contribution in [3.05, 3.63) is 81.5 Å². The fourth-order valence-electron chi connectivity index (χ4n) is 3.96. The van der Waals surface area contributed by atoms with E-state index in [1.54, 1.807) is 18.2 Å². The van der Waals surface area contributed by atoms with E-state index in [-0.39, 0.29) is 17.5 Å². The van der Waals surface area contributed by atoms with Crippen LogP contribution in [0.2, 0.25) is 10.0 Å². The van der Waals surface area contributed by atoms with E-state index >= 15 is 0 Å². The quantitative estimate of drug-likeness (QED) is 0.410. The molecule has 10 heteroatoms. The summed E-state index contributed by atoms with van der Waals surface area (Å²) in [7, 11) is 0. The van der Waals surface area contributed by atoms with Gasteiger partial charge < -0.3 is 10.6 Å². The van der Waals surface area contributed by atoms with Crippen molar-refractivity contribution in [1.29, 1.82) is 0 Å². The number of halogens is 4. The van der Waals surface area contributed by atoms with Crippen molar-refractivity contribution in [3.8, 4) is 0 Å². The first-order valence-electron chi connectivity index (χ1n) is 10.5. The minimum Gasteiger partial charge on any atom is -0.332 e. The van der Waals surface area contributed by atoms with Gasteiger partial charge in [-0.05, 0) is 48.9 Å². The zero-order valence-electron chi connectivity index (χ0n) is 17.7. The Labute approximate surface area is 209 Å². The topological polar surface area (TPSA) is 57.3 Å². The molecule has 2 amide bonds. The highest BCUT2D eigenvalue weighted by Gasteiger charge is 2.31. The van der Waals surface area contributed by atoms with Crippen LogP contribution >= 0.6 is 35.0 Å². The van der Waals surface area contributed by atoms with Crippen LogP contribution in [0.15, 0.2) is 58.5 Å². The van der Waals surface area contributed by atoms with Crippen LogP contribution in [0, 0.1) is 11.6 Å². The van der Waals surface area contributed by atoms with Crippen molar-refractivity contribution in [2.24, 2.45) is 0 Å². The van der Waals surface area contributed by atoms with E-state index in [0.717, 1.165) is 41.9 Å². The van der Waals surface area contributed by atoms with Crippen molar-refractivity contribution in [1.82, 2.24) is 15.6 Å². The normalized spacial score (nSPS) is 15.6. The van der Waals surface area contributed by atoms with E-state index in [9.17, 15) is 13.6 Å².